The second-order valence-electron chi connectivity index (χ2n) is 10.7. The minimum absolute atomic E-state index is 0.0149. The average molecular weight is 490 g/mol. The molecule has 0 saturated carbocycles. The normalized spacial score (nSPS) is 19.9. The Balaban J connectivity index is 1.16. The van der Waals surface area contributed by atoms with Crippen LogP contribution in [-0.4, -0.2) is 76.8 Å². The number of aromatic nitrogens is 1. The van der Waals surface area contributed by atoms with Gasteiger partial charge in [-0.15, -0.1) is 0 Å². The molecular weight excluding hydrogens is 450 g/mol. The fraction of sp³-hybridized carbons (Fsp3) is 0.552. The number of hydrogen-bond donors (Lipinski definition) is 1. The van der Waals surface area contributed by atoms with Crippen LogP contribution < -0.4 is 5.32 Å². The minimum Gasteiger partial charge on any atom is -0.350 e. The van der Waals surface area contributed by atoms with E-state index in [4.69, 9.17) is 0 Å². The highest BCUT2D eigenvalue weighted by Gasteiger charge is 2.28. The number of carbonyl (C=O) groups excluding carboxylic acids is 2. The number of likely N-dealkylation sites (tertiary alicyclic amines) is 2. The van der Waals surface area contributed by atoms with Gasteiger partial charge >= 0.3 is 0 Å². The molecule has 3 aliphatic heterocycles. The van der Waals surface area contributed by atoms with E-state index < -0.39 is 0 Å². The number of pyridine rings is 1. The van der Waals surface area contributed by atoms with Crippen molar-refractivity contribution in [2.75, 3.05) is 39.3 Å². The second-order valence-corrected chi connectivity index (χ2v) is 10.7. The second kappa shape index (κ2) is 11.5. The van der Waals surface area contributed by atoms with Crippen molar-refractivity contribution in [3.05, 3.63) is 65.0 Å². The lowest BCUT2D eigenvalue weighted by Crippen LogP contribution is -2.48. The molecule has 1 atom stereocenters. The Kier molecular flexibility index (Phi) is 7.97. The number of carbonyl (C=O) groups is 2. The zero-order chi connectivity index (χ0) is 24.9. The molecular formula is C29H39N5O2. The van der Waals surface area contributed by atoms with E-state index in [0.717, 1.165) is 70.8 Å². The van der Waals surface area contributed by atoms with Crippen LogP contribution in [0.5, 0.6) is 0 Å². The van der Waals surface area contributed by atoms with Gasteiger partial charge in [-0.2, -0.15) is 0 Å². The molecule has 4 heterocycles. The average Bonchev–Trinajstić information content (AvgIpc) is 3.57. The molecule has 2 amide bonds. The zero-order valence-corrected chi connectivity index (χ0v) is 21.5. The number of benzene rings is 1. The van der Waals surface area contributed by atoms with Crippen LogP contribution in [0.3, 0.4) is 0 Å². The van der Waals surface area contributed by atoms with Crippen molar-refractivity contribution in [2.24, 2.45) is 5.92 Å². The number of hydrogen-bond acceptors (Lipinski definition) is 5. The van der Waals surface area contributed by atoms with Crippen LogP contribution in [0.15, 0.2) is 42.6 Å². The predicted molar refractivity (Wildman–Crippen MR) is 140 cm³/mol. The molecule has 1 N–H and O–H groups in total. The van der Waals surface area contributed by atoms with Crippen molar-refractivity contribution in [2.45, 2.75) is 58.2 Å². The van der Waals surface area contributed by atoms with Crippen molar-refractivity contribution >= 4 is 11.8 Å². The van der Waals surface area contributed by atoms with Crippen molar-refractivity contribution in [1.29, 1.82) is 0 Å². The number of amides is 2. The van der Waals surface area contributed by atoms with Crippen LogP contribution >= 0.6 is 0 Å². The van der Waals surface area contributed by atoms with E-state index in [9.17, 15) is 9.59 Å². The van der Waals surface area contributed by atoms with E-state index in [1.54, 1.807) is 13.1 Å². The quantitative estimate of drug-likeness (QED) is 0.617. The van der Waals surface area contributed by atoms with Crippen LogP contribution in [0, 0.1) is 5.92 Å². The molecule has 0 bridgehead atoms. The van der Waals surface area contributed by atoms with Gasteiger partial charge in [0.2, 0.25) is 5.91 Å². The van der Waals surface area contributed by atoms with Gasteiger partial charge in [-0.3, -0.25) is 24.4 Å². The first-order valence-electron chi connectivity index (χ1n) is 13.6. The third kappa shape index (κ3) is 6.13. The first-order valence-corrected chi connectivity index (χ1v) is 13.6. The molecule has 2 aromatic rings. The Morgan fingerprint density at radius 1 is 1.03 bits per heavy atom. The van der Waals surface area contributed by atoms with Crippen LogP contribution in [0.25, 0.3) is 0 Å². The zero-order valence-electron chi connectivity index (χ0n) is 21.5. The summed E-state index contributed by atoms with van der Waals surface area (Å²) in [4.78, 5) is 36.2. The largest absolute Gasteiger partial charge is 0.350 e. The van der Waals surface area contributed by atoms with E-state index in [0.29, 0.717) is 24.1 Å². The minimum atomic E-state index is -0.0149. The number of nitrogens with one attached hydrogen (secondary N) is 1. The summed E-state index contributed by atoms with van der Waals surface area (Å²) >= 11 is 0. The molecule has 0 unspecified atom stereocenters. The van der Waals surface area contributed by atoms with Crippen LogP contribution in [0.2, 0.25) is 0 Å². The first-order chi connectivity index (χ1) is 17.5. The summed E-state index contributed by atoms with van der Waals surface area (Å²) in [6.07, 6.45) is 7.09. The Bertz CT molecular complexity index is 1030. The van der Waals surface area contributed by atoms with Crippen molar-refractivity contribution in [1.82, 2.24) is 25.0 Å². The van der Waals surface area contributed by atoms with Crippen molar-refractivity contribution in [3.8, 4) is 0 Å². The summed E-state index contributed by atoms with van der Waals surface area (Å²) in [6.45, 7) is 9.12. The summed E-state index contributed by atoms with van der Waals surface area (Å²) in [6, 6.07) is 12.8. The predicted octanol–water partition coefficient (Wildman–Crippen LogP) is 3.09. The SMILES string of the molecule is CC(=O)N1CCC(Cc2cc(C(=O)NC[C@@H](CN3Cc4ccccc4C3)N3CCCC3)ccn2)CC1. The summed E-state index contributed by atoms with van der Waals surface area (Å²) in [5.41, 5.74) is 4.51. The highest BCUT2D eigenvalue weighted by molar-refractivity contribution is 5.94. The fourth-order valence-corrected chi connectivity index (χ4v) is 6.04. The van der Waals surface area contributed by atoms with Crippen LogP contribution in [0.1, 0.15) is 59.8 Å². The Morgan fingerprint density at radius 3 is 2.39 bits per heavy atom. The van der Waals surface area contributed by atoms with Crippen molar-refractivity contribution in [3.63, 3.8) is 0 Å². The molecule has 36 heavy (non-hydrogen) atoms. The van der Waals surface area contributed by atoms with E-state index in [1.165, 1.54) is 24.0 Å². The summed E-state index contributed by atoms with van der Waals surface area (Å²) in [5.74, 6) is 0.654. The fourth-order valence-electron chi connectivity index (χ4n) is 6.04. The standard InChI is InChI=1S/C29H39N5O2/c1-22(35)33-14-9-23(10-15-33)16-27-17-24(8-11-30-27)29(36)31-18-28(34-12-4-5-13-34)21-32-19-25-6-2-3-7-26(25)20-32/h2-3,6-8,11,17,23,28H,4-5,9-10,12-16,18-21H2,1H3,(H,31,36)/t28-/m0/s1. The molecule has 7 heteroatoms. The molecule has 1 aromatic carbocycles. The van der Waals surface area contributed by atoms with Gasteiger partial charge in [-0.05, 0) is 74.4 Å². The Morgan fingerprint density at radius 2 is 1.72 bits per heavy atom. The van der Waals surface area contributed by atoms with Gasteiger partial charge < -0.3 is 10.2 Å². The first kappa shape index (κ1) is 24.9. The van der Waals surface area contributed by atoms with E-state index >= 15 is 0 Å². The molecule has 2 fully saturated rings. The van der Waals surface area contributed by atoms with Gasteiger partial charge in [0.15, 0.2) is 0 Å². The maximum Gasteiger partial charge on any atom is 0.251 e. The maximum absolute atomic E-state index is 13.1. The molecule has 5 rings (SSSR count). The highest BCUT2D eigenvalue weighted by atomic mass is 16.2. The third-order valence-corrected chi connectivity index (χ3v) is 8.17. The number of rotatable bonds is 8. The molecule has 0 aliphatic carbocycles. The van der Waals surface area contributed by atoms with Crippen LogP contribution in [-0.2, 0) is 24.3 Å². The van der Waals surface area contributed by atoms with Gasteiger partial charge in [-0.1, -0.05) is 24.3 Å². The third-order valence-electron chi connectivity index (χ3n) is 8.17. The lowest BCUT2D eigenvalue weighted by Gasteiger charge is -2.31. The molecule has 0 radical (unpaired) electrons. The monoisotopic (exact) mass is 489 g/mol. The molecule has 0 spiro atoms. The number of nitrogens with zero attached hydrogens (tertiary/aromatic N) is 4. The topological polar surface area (TPSA) is 68.8 Å². The molecule has 3 aliphatic rings. The van der Waals surface area contributed by atoms with Gasteiger partial charge in [0, 0.05) is 69.7 Å². The van der Waals surface area contributed by atoms with Gasteiger partial charge in [-0.25, -0.2) is 0 Å². The van der Waals surface area contributed by atoms with Crippen molar-refractivity contribution < 1.29 is 9.59 Å². The number of piperidine rings is 1. The maximum atomic E-state index is 13.1. The summed E-state index contributed by atoms with van der Waals surface area (Å²) in [7, 11) is 0. The lowest BCUT2D eigenvalue weighted by molar-refractivity contribution is -0.130. The molecule has 1 aromatic heterocycles. The van der Waals surface area contributed by atoms with Gasteiger partial charge in [0.25, 0.3) is 5.91 Å². The van der Waals surface area contributed by atoms with E-state index in [1.807, 2.05) is 17.0 Å². The van der Waals surface area contributed by atoms with Gasteiger partial charge in [0.1, 0.15) is 0 Å². The van der Waals surface area contributed by atoms with Crippen LogP contribution in [0.4, 0.5) is 0 Å². The Labute approximate surface area is 214 Å². The van der Waals surface area contributed by atoms with Gasteiger partial charge in [0.05, 0.1) is 0 Å². The smallest absolute Gasteiger partial charge is 0.251 e. The lowest BCUT2D eigenvalue weighted by atomic mass is 9.91. The molecule has 7 nitrogen and oxygen atoms in total. The summed E-state index contributed by atoms with van der Waals surface area (Å²) < 4.78 is 0. The molecule has 2 saturated heterocycles. The van der Waals surface area contributed by atoms with E-state index in [2.05, 4.69) is 44.4 Å². The van der Waals surface area contributed by atoms with E-state index in [-0.39, 0.29) is 11.8 Å². The summed E-state index contributed by atoms with van der Waals surface area (Å²) in [5, 5.41) is 3.24. The number of fused-ring (bicyclic) bond motifs is 1. The highest BCUT2D eigenvalue weighted by Crippen LogP contribution is 2.24. The molecule has 192 valence electrons. The Hall–Kier alpha value is -2.77.